The van der Waals surface area contributed by atoms with Crippen LogP contribution in [-0.2, 0) is 6.54 Å². The van der Waals surface area contributed by atoms with Crippen molar-refractivity contribution in [2.24, 2.45) is 0 Å². The molecule has 2 aromatic rings. The minimum Gasteiger partial charge on any atom is -0.341 e. The first-order chi connectivity index (χ1) is 10.3. The number of halogens is 1. The van der Waals surface area contributed by atoms with E-state index in [0.29, 0.717) is 0 Å². The minimum absolute atomic E-state index is 0.780. The molecule has 112 valence electrons. The van der Waals surface area contributed by atoms with Gasteiger partial charge in [-0.3, -0.25) is 0 Å². The normalized spacial score (nSPS) is 10.6. The highest BCUT2D eigenvalue weighted by Crippen LogP contribution is 2.31. The summed E-state index contributed by atoms with van der Waals surface area (Å²) in [5, 5.41) is 4.02. The van der Waals surface area contributed by atoms with Gasteiger partial charge in [-0.1, -0.05) is 49.2 Å². The molecule has 2 aromatic carbocycles. The zero-order valence-corrected chi connectivity index (χ0v) is 13.5. The maximum absolute atomic E-state index is 6.24. The number of benzene rings is 2. The van der Waals surface area contributed by atoms with Crippen LogP contribution in [0, 0.1) is 0 Å². The van der Waals surface area contributed by atoms with E-state index < -0.39 is 0 Å². The number of hydrogen-bond donors (Lipinski definition) is 1. The molecule has 0 saturated heterocycles. The Bertz CT molecular complexity index is 554. The molecule has 2 nitrogen and oxygen atoms in total. The predicted molar refractivity (Wildman–Crippen MR) is 92.6 cm³/mol. The molecule has 0 bridgehead atoms. The van der Waals surface area contributed by atoms with Crippen LogP contribution in [0.25, 0.3) is 0 Å². The fourth-order valence-electron chi connectivity index (χ4n) is 2.44. The second kappa shape index (κ2) is 8.06. The number of para-hydroxylation sites is 1. The molecule has 0 aliphatic heterocycles. The SMILES string of the molecule is CCCCN(c1ccccc1)c1cc(Cl)ccc1CNC. The molecule has 1 N–H and O–H groups in total. The van der Waals surface area contributed by atoms with Crippen LogP contribution in [0.4, 0.5) is 11.4 Å². The Labute approximate surface area is 132 Å². The van der Waals surface area contributed by atoms with Gasteiger partial charge in [0.05, 0.1) is 0 Å². The van der Waals surface area contributed by atoms with Gasteiger partial charge in [-0.05, 0) is 43.3 Å². The van der Waals surface area contributed by atoms with Gasteiger partial charge in [0, 0.05) is 29.5 Å². The van der Waals surface area contributed by atoms with E-state index in [9.17, 15) is 0 Å². The van der Waals surface area contributed by atoms with Crippen LogP contribution in [0.5, 0.6) is 0 Å². The van der Waals surface area contributed by atoms with Gasteiger partial charge in [0.1, 0.15) is 0 Å². The zero-order valence-electron chi connectivity index (χ0n) is 12.8. The summed E-state index contributed by atoms with van der Waals surface area (Å²) in [5.41, 5.74) is 3.67. The topological polar surface area (TPSA) is 15.3 Å². The zero-order chi connectivity index (χ0) is 15.1. The Balaban J connectivity index is 2.42. The summed E-state index contributed by atoms with van der Waals surface area (Å²) < 4.78 is 0. The summed E-state index contributed by atoms with van der Waals surface area (Å²) in [6, 6.07) is 16.6. The number of rotatable bonds is 7. The van der Waals surface area contributed by atoms with E-state index >= 15 is 0 Å². The smallest absolute Gasteiger partial charge is 0.0471 e. The lowest BCUT2D eigenvalue weighted by molar-refractivity contribution is 0.772. The van der Waals surface area contributed by atoms with Crippen LogP contribution in [-0.4, -0.2) is 13.6 Å². The summed E-state index contributed by atoms with van der Waals surface area (Å²) in [6.07, 6.45) is 2.33. The van der Waals surface area contributed by atoms with Crippen molar-refractivity contribution in [1.29, 1.82) is 0 Å². The lowest BCUT2D eigenvalue weighted by atomic mass is 10.1. The first kappa shape index (κ1) is 15.9. The highest BCUT2D eigenvalue weighted by Gasteiger charge is 2.13. The minimum atomic E-state index is 0.780. The molecule has 0 aromatic heterocycles. The second-order valence-electron chi connectivity index (χ2n) is 5.14. The molecular weight excluding hydrogens is 280 g/mol. The van der Waals surface area contributed by atoms with E-state index in [-0.39, 0.29) is 0 Å². The average molecular weight is 303 g/mol. The summed E-state index contributed by atoms with van der Waals surface area (Å²) in [5.74, 6) is 0. The molecule has 3 heteroatoms. The highest BCUT2D eigenvalue weighted by molar-refractivity contribution is 6.30. The molecule has 0 unspecified atom stereocenters. The Morgan fingerprint density at radius 2 is 1.86 bits per heavy atom. The number of anilines is 2. The summed E-state index contributed by atoms with van der Waals surface area (Å²) in [6.45, 7) is 4.05. The average Bonchev–Trinajstić information content (AvgIpc) is 2.51. The molecule has 0 atom stereocenters. The Kier molecular flexibility index (Phi) is 6.09. The molecule has 0 heterocycles. The highest BCUT2D eigenvalue weighted by atomic mass is 35.5. The van der Waals surface area contributed by atoms with Gasteiger partial charge in [0.2, 0.25) is 0 Å². The van der Waals surface area contributed by atoms with Crippen LogP contribution >= 0.6 is 11.6 Å². The van der Waals surface area contributed by atoms with Crippen molar-refractivity contribution in [1.82, 2.24) is 5.32 Å². The van der Waals surface area contributed by atoms with Crippen molar-refractivity contribution in [3.05, 3.63) is 59.1 Å². The van der Waals surface area contributed by atoms with Gasteiger partial charge < -0.3 is 10.2 Å². The molecule has 0 amide bonds. The molecular formula is C18H23ClN2. The Hall–Kier alpha value is -1.51. The van der Waals surface area contributed by atoms with Gasteiger partial charge in [-0.2, -0.15) is 0 Å². The first-order valence-corrected chi connectivity index (χ1v) is 7.89. The molecule has 0 spiro atoms. The molecule has 0 saturated carbocycles. The number of hydrogen-bond acceptors (Lipinski definition) is 2. The van der Waals surface area contributed by atoms with Crippen LogP contribution in [0.15, 0.2) is 48.5 Å². The van der Waals surface area contributed by atoms with Crippen molar-refractivity contribution < 1.29 is 0 Å². The van der Waals surface area contributed by atoms with Gasteiger partial charge in [0.15, 0.2) is 0 Å². The molecule has 0 aliphatic rings. The molecule has 2 rings (SSSR count). The van der Waals surface area contributed by atoms with Gasteiger partial charge in [0.25, 0.3) is 0 Å². The van der Waals surface area contributed by atoms with Crippen LogP contribution in [0.3, 0.4) is 0 Å². The largest absolute Gasteiger partial charge is 0.341 e. The quantitative estimate of drug-likeness (QED) is 0.774. The van der Waals surface area contributed by atoms with E-state index in [2.05, 4.69) is 53.5 Å². The molecule has 0 fully saturated rings. The third kappa shape index (κ3) is 4.23. The standard InChI is InChI=1S/C18H23ClN2/c1-3-4-12-21(17-8-6-5-7-9-17)18-13-16(19)11-10-15(18)14-20-2/h5-11,13,20H,3-4,12,14H2,1-2H3. The van der Waals surface area contributed by atoms with Crippen molar-refractivity contribution in [2.45, 2.75) is 26.3 Å². The number of nitrogens with zero attached hydrogens (tertiary/aromatic N) is 1. The first-order valence-electron chi connectivity index (χ1n) is 7.52. The van der Waals surface area contributed by atoms with Crippen LogP contribution in [0.2, 0.25) is 5.02 Å². The molecule has 0 aliphatic carbocycles. The van der Waals surface area contributed by atoms with E-state index in [0.717, 1.165) is 24.5 Å². The van der Waals surface area contributed by atoms with Gasteiger partial charge in [-0.25, -0.2) is 0 Å². The van der Waals surface area contributed by atoms with Crippen molar-refractivity contribution >= 4 is 23.0 Å². The summed E-state index contributed by atoms with van der Waals surface area (Å²) in [4.78, 5) is 2.36. The number of unbranched alkanes of at least 4 members (excludes halogenated alkanes) is 1. The predicted octanol–water partition coefficient (Wildman–Crippen LogP) is 5.00. The van der Waals surface area contributed by atoms with E-state index in [4.69, 9.17) is 11.6 Å². The molecule has 0 radical (unpaired) electrons. The van der Waals surface area contributed by atoms with E-state index in [1.807, 2.05) is 19.2 Å². The van der Waals surface area contributed by atoms with Crippen LogP contribution in [0.1, 0.15) is 25.3 Å². The molecule has 21 heavy (non-hydrogen) atoms. The van der Waals surface area contributed by atoms with Crippen molar-refractivity contribution in [2.75, 3.05) is 18.5 Å². The van der Waals surface area contributed by atoms with Gasteiger partial charge >= 0.3 is 0 Å². The van der Waals surface area contributed by atoms with Crippen molar-refractivity contribution in [3.8, 4) is 0 Å². The van der Waals surface area contributed by atoms with Gasteiger partial charge in [-0.15, -0.1) is 0 Å². The summed E-state index contributed by atoms with van der Waals surface area (Å²) >= 11 is 6.24. The van der Waals surface area contributed by atoms with Crippen LogP contribution < -0.4 is 10.2 Å². The monoisotopic (exact) mass is 302 g/mol. The van der Waals surface area contributed by atoms with E-state index in [1.165, 1.54) is 23.4 Å². The van der Waals surface area contributed by atoms with Crippen molar-refractivity contribution in [3.63, 3.8) is 0 Å². The number of nitrogens with one attached hydrogen (secondary N) is 1. The third-order valence-electron chi connectivity index (χ3n) is 3.51. The maximum atomic E-state index is 6.24. The third-order valence-corrected chi connectivity index (χ3v) is 3.74. The lowest BCUT2D eigenvalue weighted by Crippen LogP contribution is -2.21. The fourth-order valence-corrected chi connectivity index (χ4v) is 2.61. The Morgan fingerprint density at radius 3 is 2.52 bits per heavy atom. The lowest BCUT2D eigenvalue weighted by Gasteiger charge is -2.27. The van der Waals surface area contributed by atoms with E-state index in [1.54, 1.807) is 0 Å². The second-order valence-corrected chi connectivity index (χ2v) is 5.58. The summed E-state index contributed by atoms with van der Waals surface area (Å²) in [7, 11) is 1.97. The maximum Gasteiger partial charge on any atom is 0.0471 e. The fraction of sp³-hybridized carbons (Fsp3) is 0.333. The Morgan fingerprint density at radius 1 is 1.10 bits per heavy atom.